The van der Waals surface area contributed by atoms with Gasteiger partial charge < -0.3 is 4.74 Å². The summed E-state index contributed by atoms with van der Waals surface area (Å²) in [5.41, 5.74) is 1.24. The maximum Gasteiger partial charge on any atom is 0.0783 e. The fraction of sp³-hybridized carbons (Fsp3) is 0.556. The Hall–Kier alpha value is -1.08. The van der Waals surface area contributed by atoms with Crippen molar-refractivity contribution in [2.45, 2.75) is 59.2 Å². The molecule has 0 spiro atoms. The Morgan fingerprint density at radius 3 is 2.47 bits per heavy atom. The number of allylic oxidation sites excluding steroid dienone is 1. The van der Waals surface area contributed by atoms with Gasteiger partial charge in [-0.05, 0) is 24.3 Å². The van der Waals surface area contributed by atoms with E-state index in [-0.39, 0.29) is 6.10 Å². The number of unbranched alkanes of at least 4 members (excludes halogenated alkanes) is 3. The molecule has 0 aromatic heterocycles. The summed E-state index contributed by atoms with van der Waals surface area (Å²) in [7, 11) is 0. The summed E-state index contributed by atoms with van der Waals surface area (Å²) in [6, 6.07) is 10.4. The molecular weight excluding hydrogens is 232 g/mol. The second kappa shape index (κ2) is 9.80. The summed E-state index contributed by atoms with van der Waals surface area (Å²) < 4.78 is 6.01. The van der Waals surface area contributed by atoms with Gasteiger partial charge in [0.25, 0.3) is 0 Å². The standard InChI is InChI=1S/C18H28O/c1-4-5-6-7-11-14-18(16(2)3)19-15-17-12-9-8-10-13-17/h8-14,16,18H,4-7,15H2,1-3H3/b14-11+. The maximum atomic E-state index is 6.01. The summed E-state index contributed by atoms with van der Waals surface area (Å²) in [6.45, 7) is 7.37. The summed E-state index contributed by atoms with van der Waals surface area (Å²) in [5.74, 6) is 0.520. The highest BCUT2D eigenvalue weighted by molar-refractivity contribution is 5.13. The molecule has 1 heteroatoms. The molecule has 0 N–H and O–H groups in total. The first-order valence-electron chi connectivity index (χ1n) is 7.56. The van der Waals surface area contributed by atoms with Crippen molar-refractivity contribution in [3.63, 3.8) is 0 Å². The number of ether oxygens (including phenoxy) is 1. The van der Waals surface area contributed by atoms with Crippen molar-refractivity contribution in [2.75, 3.05) is 0 Å². The second-order valence-electron chi connectivity index (χ2n) is 5.43. The van der Waals surface area contributed by atoms with Crippen LogP contribution in [-0.4, -0.2) is 6.10 Å². The quantitative estimate of drug-likeness (QED) is 0.429. The second-order valence-corrected chi connectivity index (χ2v) is 5.43. The van der Waals surface area contributed by atoms with Crippen molar-refractivity contribution in [3.8, 4) is 0 Å². The molecule has 19 heavy (non-hydrogen) atoms. The van der Waals surface area contributed by atoms with Gasteiger partial charge in [-0.2, -0.15) is 0 Å². The fourth-order valence-corrected chi connectivity index (χ4v) is 1.98. The first-order valence-corrected chi connectivity index (χ1v) is 7.56. The first kappa shape index (κ1) is 16.0. The van der Waals surface area contributed by atoms with E-state index in [0.717, 1.165) is 0 Å². The summed E-state index contributed by atoms with van der Waals surface area (Å²) >= 11 is 0. The van der Waals surface area contributed by atoms with Crippen LogP contribution in [0.3, 0.4) is 0 Å². The third kappa shape index (κ3) is 7.17. The van der Waals surface area contributed by atoms with Gasteiger partial charge in [-0.1, -0.05) is 76.1 Å². The lowest BCUT2D eigenvalue weighted by molar-refractivity contribution is 0.0427. The largest absolute Gasteiger partial charge is 0.369 e. The zero-order valence-corrected chi connectivity index (χ0v) is 12.6. The van der Waals surface area contributed by atoms with Gasteiger partial charge in [-0.25, -0.2) is 0 Å². The number of benzene rings is 1. The van der Waals surface area contributed by atoms with Gasteiger partial charge in [0.1, 0.15) is 0 Å². The topological polar surface area (TPSA) is 9.23 Å². The minimum atomic E-state index is 0.224. The SMILES string of the molecule is CCCCC/C=C/C(OCc1ccccc1)C(C)C. The van der Waals surface area contributed by atoms with Crippen LogP contribution in [0.25, 0.3) is 0 Å². The normalized spacial score (nSPS) is 13.3. The van der Waals surface area contributed by atoms with Crippen LogP contribution >= 0.6 is 0 Å². The van der Waals surface area contributed by atoms with Crippen molar-refractivity contribution in [2.24, 2.45) is 5.92 Å². The Morgan fingerprint density at radius 2 is 1.84 bits per heavy atom. The first-order chi connectivity index (χ1) is 9.24. The van der Waals surface area contributed by atoms with E-state index in [1.165, 1.54) is 31.2 Å². The molecule has 0 radical (unpaired) electrons. The molecule has 1 aromatic rings. The zero-order valence-electron chi connectivity index (χ0n) is 12.6. The monoisotopic (exact) mass is 260 g/mol. The molecule has 0 aliphatic heterocycles. The van der Waals surface area contributed by atoms with Crippen LogP contribution in [0.5, 0.6) is 0 Å². The van der Waals surface area contributed by atoms with Crippen molar-refractivity contribution in [1.29, 1.82) is 0 Å². The maximum absolute atomic E-state index is 6.01. The van der Waals surface area contributed by atoms with Crippen LogP contribution < -0.4 is 0 Å². The predicted molar refractivity (Wildman–Crippen MR) is 83.1 cm³/mol. The van der Waals surface area contributed by atoms with Crippen LogP contribution in [0.4, 0.5) is 0 Å². The Bertz CT molecular complexity index is 340. The van der Waals surface area contributed by atoms with E-state index >= 15 is 0 Å². The molecule has 0 heterocycles. The van der Waals surface area contributed by atoms with E-state index in [4.69, 9.17) is 4.74 Å². The third-order valence-electron chi connectivity index (χ3n) is 3.24. The predicted octanol–water partition coefficient (Wildman–Crippen LogP) is 5.36. The smallest absolute Gasteiger partial charge is 0.0783 e. The molecule has 0 aliphatic rings. The van der Waals surface area contributed by atoms with E-state index in [2.05, 4.69) is 57.2 Å². The summed E-state index contributed by atoms with van der Waals surface area (Å²) in [6.07, 6.45) is 9.81. The minimum Gasteiger partial charge on any atom is -0.369 e. The number of hydrogen-bond acceptors (Lipinski definition) is 1. The molecule has 0 saturated heterocycles. The average Bonchev–Trinajstić information content (AvgIpc) is 2.42. The molecule has 0 bridgehead atoms. The van der Waals surface area contributed by atoms with E-state index in [1.807, 2.05) is 6.07 Å². The van der Waals surface area contributed by atoms with Gasteiger partial charge in [-0.15, -0.1) is 0 Å². The lowest BCUT2D eigenvalue weighted by Crippen LogP contribution is -2.16. The fourth-order valence-electron chi connectivity index (χ4n) is 1.98. The van der Waals surface area contributed by atoms with Gasteiger partial charge in [0, 0.05) is 0 Å². The van der Waals surface area contributed by atoms with Crippen LogP contribution in [0.1, 0.15) is 52.0 Å². The van der Waals surface area contributed by atoms with E-state index in [9.17, 15) is 0 Å². The molecule has 0 aliphatic carbocycles. The molecule has 0 saturated carbocycles. The minimum absolute atomic E-state index is 0.224. The molecular formula is C18H28O. The Morgan fingerprint density at radius 1 is 1.11 bits per heavy atom. The van der Waals surface area contributed by atoms with Crippen molar-refractivity contribution in [3.05, 3.63) is 48.0 Å². The van der Waals surface area contributed by atoms with E-state index in [1.54, 1.807) is 0 Å². The highest BCUT2D eigenvalue weighted by Crippen LogP contribution is 2.13. The molecule has 1 aromatic carbocycles. The van der Waals surface area contributed by atoms with Gasteiger partial charge >= 0.3 is 0 Å². The van der Waals surface area contributed by atoms with Gasteiger partial charge in [0.2, 0.25) is 0 Å². The summed E-state index contributed by atoms with van der Waals surface area (Å²) in [4.78, 5) is 0. The molecule has 0 amide bonds. The number of rotatable bonds is 9. The molecule has 1 unspecified atom stereocenters. The van der Waals surface area contributed by atoms with Crippen LogP contribution in [0, 0.1) is 5.92 Å². The van der Waals surface area contributed by atoms with Gasteiger partial charge in [0.15, 0.2) is 0 Å². The molecule has 1 atom stereocenters. The number of hydrogen-bond donors (Lipinski definition) is 0. The Labute approximate surface area is 118 Å². The van der Waals surface area contributed by atoms with Crippen LogP contribution in [-0.2, 0) is 11.3 Å². The lowest BCUT2D eigenvalue weighted by atomic mass is 10.1. The Balaban J connectivity index is 2.36. The molecule has 106 valence electrons. The molecule has 0 fully saturated rings. The zero-order chi connectivity index (χ0) is 13.9. The van der Waals surface area contributed by atoms with Crippen molar-refractivity contribution < 1.29 is 4.74 Å². The lowest BCUT2D eigenvalue weighted by Gasteiger charge is -2.18. The van der Waals surface area contributed by atoms with Crippen LogP contribution in [0.2, 0.25) is 0 Å². The third-order valence-corrected chi connectivity index (χ3v) is 3.24. The van der Waals surface area contributed by atoms with Crippen molar-refractivity contribution >= 4 is 0 Å². The van der Waals surface area contributed by atoms with Crippen LogP contribution in [0.15, 0.2) is 42.5 Å². The van der Waals surface area contributed by atoms with Gasteiger partial charge in [0.05, 0.1) is 12.7 Å². The van der Waals surface area contributed by atoms with Crippen molar-refractivity contribution in [1.82, 2.24) is 0 Å². The molecule has 1 rings (SSSR count). The van der Waals surface area contributed by atoms with Gasteiger partial charge in [-0.3, -0.25) is 0 Å². The average molecular weight is 260 g/mol. The summed E-state index contributed by atoms with van der Waals surface area (Å²) in [5, 5.41) is 0. The van der Waals surface area contributed by atoms with E-state index < -0.39 is 0 Å². The molecule has 1 nitrogen and oxygen atoms in total. The highest BCUT2D eigenvalue weighted by Gasteiger charge is 2.09. The highest BCUT2D eigenvalue weighted by atomic mass is 16.5. The Kier molecular flexibility index (Phi) is 8.24. The van der Waals surface area contributed by atoms with E-state index in [0.29, 0.717) is 12.5 Å².